The second-order valence-electron chi connectivity index (χ2n) is 7.06. The molecule has 0 saturated carbocycles. The summed E-state index contributed by atoms with van der Waals surface area (Å²) in [7, 11) is 0. The highest BCUT2D eigenvalue weighted by atomic mass is 32.2. The summed E-state index contributed by atoms with van der Waals surface area (Å²) >= 11 is 1.74. The Hall–Kier alpha value is -2.85. The second-order valence-corrected chi connectivity index (χ2v) is 8.55. The summed E-state index contributed by atoms with van der Waals surface area (Å²) in [5, 5.41) is 0.653. The van der Waals surface area contributed by atoms with Crippen LogP contribution in [0.15, 0.2) is 82.5 Å². The molecule has 1 aromatic heterocycles. The fourth-order valence-corrected chi connectivity index (χ4v) is 5.07. The predicted octanol–water partition coefficient (Wildman–Crippen LogP) is 5.06. The van der Waals surface area contributed by atoms with Crippen molar-refractivity contribution in [3.8, 4) is 5.69 Å². The summed E-state index contributed by atoms with van der Waals surface area (Å²) in [6, 6.07) is 24.2. The van der Waals surface area contributed by atoms with Crippen molar-refractivity contribution >= 4 is 22.7 Å². The van der Waals surface area contributed by atoms with Gasteiger partial charge in [0.1, 0.15) is 10.6 Å². The lowest BCUT2D eigenvalue weighted by atomic mass is 10.0. The van der Waals surface area contributed by atoms with Crippen LogP contribution in [0, 0.1) is 6.92 Å². The van der Waals surface area contributed by atoms with E-state index < -0.39 is 4.75 Å². The Kier molecular flexibility index (Phi) is 3.52. The van der Waals surface area contributed by atoms with Gasteiger partial charge in [-0.1, -0.05) is 48.0 Å². The smallest absolute Gasteiger partial charge is 0.266 e. The zero-order valence-corrected chi connectivity index (χ0v) is 16.0. The fourth-order valence-electron chi connectivity index (χ4n) is 3.81. The van der Waals surface area contributed by atoms with Gasteiger partial charge in [-0.05, 0) is 44.2 Å². The minimum absolute atomic E-state index is 0.00344. The highest BCUT2D eigenvalue weighted by Crippen LogP contribution is 2.51. The van der Waals surface area contributed by atoms with Gasteiger partial charge >= 0.3 is 0 Å². The molecule has 0 N–H and O–H groups in total. The highest BCUT2D eigenvalue weighted by Gasteiger charge is 2.43. The van der Waals surface area contributed by atoms with Crippen molar-refractivity contribution in [3.63, 3.8) is 0 Å². The molecule has 27 heavy (non-hydrogen) atoms. The molecule has 132 valence electrons. The second kappa shape index (κ2) is 5.83. The van der Waals surface area contributed by atoms with Gasteiger partial charge in [-0.25, -0.2) is 4.98 Å². The van der Waals surface area contributed by atoms with E-state index in [0.717, 1.165) is 27.5 Å². The molecule has 0 amide bonds. The normalized spacial score (nSPS) is 17.7. The van der Waals surface area contributed by atoms with Crippen molar-refractivity contribution in [1.29, 1.82) is 0 Å². The number of hydrogen-bond acceptors (Lipinski definition) is 3. The lowest BCUT2D eigenvalue weighted by Gasteiger charge is -2.24. The average molecular weight is 370 g/mol. The summed E-state index contributed by atoms with van der Waals surface area (Å²) in [5.41, 5.74) is 4.03. The molecule has 3 aromatic carbocycles. The first-order valence-corrected chi connectivity index (χ1v) is 9.77. The molecule has 1 atom stereocenters. The van der Waals surface area contributed by atoms with Gasteiger partial charge in [0, 0.05) is 10.5 Å². The van der Waals surface area contributed by atoms with Crippen LogP contribution in [-0.2, 0) is 4.75 Å². The van der Waals surface area contributed by atoms with E-state index in [9.17, 15) is 4.79 Å². The topological polar surface area (TPSA) is 34.9 Å². The number of aromatic nitrogens is 2. The zero-order valence-electron chi connectivity index (χ0n) is 15.1. The molecular weight excluding hydrogens is 352 g/mol. The summed E-state index contributed by atoms with van der Waals surface area (Å²) in [6.07, 6.45) is 0. The molecule has 0 bridgehead atoms. The van der Waals surface area contributed by atoms with Gasteiger partial charge in [0.2, 0.25) is 0 Å². The monoisotopic (exact) mass is 370 g/mol. The zero-order chi connectivity index (χ0) is 18.6. The molecule has 4 aromatic rings. The Morgan fingerprint density at radius 2 is 1.63 bits per heavy atom. The highest BCUT2D eigenvalue weighted by molar-refractivity contribution is 8.00. The van der Waals surface area contributed by atoms with Crippen LogP contribution < -0.4 is 5.56 Å². The summed E-state index contributed by atoms with van der Waals surface area (Å²) in [4.78, 5) is 19.4. The van der Waals surface area contributed by atoms with Gasteiger partial charge in [-0.15, -0.1) is 11.8 Å². The Morgan fingerprint density at radius 3 is 2.44 bits per heavy atom. The van der Waals surface area contributed by atoms with Gasteiger partial charge in [0.05, 0.1) is 16.6 Å². The minimum Gasteiger partial charge on any atom is -0.268 e. The fraction of sp³-hybridized carbons (Fsp3) is 0.130. The van der Waals surface area contributed by atoms with E-state index in [0.29, 0.717) is 5.39 Å². The number of thioether (sulfide) groups is 1. The average Bonchev–Trinajstić information content (AvgIpc) is 2.93. The molecule has 2 heterocycles. The van der Waals surface area contributed by atoms with Gasteiger partial charge in [-0.2, -0.15) is 0 Å². The summed E-state index contributed by atoms with van der Waals surface area (Å²) in [5.74, 6) is 0.790. The number of para-hydroxylation sites is 2. The molecule has 0 radical (unpaired) electrons. The van der Waals surface area contributed by atoms with Crippen LogP contribution in [0.2, 0.25) is 0 Å². The number of fused-ring (bicyclic) bond motifs is 4. The largest absolute Gasteiger partial charge is 0.268 e. The molecule has 4 heteroatoms. The van der Waals surface area contributed by atoms with Gasteiger partial charge < -0.3 is 0 Å². The number of hydrogen-bond donors (Lipinski definition) is 0. The van der Waals surface area contributed by atoms with E-state index in [1.54, 1.807) is 16.3 Å². The number of aryl methyl sites for hydroxylation is 1. The van der Waals surface area contributed by atoms with Crippen molar-refractivity contribution in [2.75, 3.05) is 0 Å². The van der Waals surface area contributed by atoms with Crippen LogP contribution in [0.25, 0.3) is 16.6 Å². The lowest BCUT2D eigenvalue weighted by molar-refractivity contribution is 0.769. The van der Waals surface area contributed by atoms with Crippen LogP contribution in [0.5, 0.6) is 0 Å². The molecule has 3 nitrogen and oxygen atoms in total. The Balaban J connectivity index is 1.81. The molecule has 1 aliphatic heterocycles. The molecule has 0 aliphatic carbocycles. The molecule has 0 spiro atoms. The third kappa shape index (κ3) is 2.37. The van der Waals surface area contributed by atoms with E-state index in [2.05, 4.69) is 44.2 Å². The van der Waals surface area contributed by atoms with E-state index in [1.165, 1.54) is 5.56 Å². The quantitative estimate of drug-likeness (QED) is 0.494. The molecule has 0 fully saturated rings. The number of rotatable bonds is 2. The maximum atomic E-state index is 13.3. The standard InChI is InChI=1S/C23H18N2OS/c1-15-11-13-16(14-12-15)27-23(2)18-8-4-6-10-20(18)25-21(26)17-7-3-5-9-19(17)24-22(23)25/h3-14H,1-2H3. The van der Waals surface area contributed by atoms with Crippen LogP contribution in [0.4, 0.5) is 0 Å². The van der Waals surface area contributed by atoms with Crippen molar-refractivity contribution in [2.45, 2.75) is 23.5 Å². The number of nitrogens with zero attached hydrogens (tertiary/aromatic N) is 2. The first kappa shape index (κ1) is 16.3. The van der Waals surface area contributed by atoms with E-state index in [1.807, 2.05) is 42.5 Å². The molecular formula is C23H18N2OS. The number of benzene rings is 3. The predicted molar refractivity (Wildman–Crippen MR) is 111 cm³/mol. The molecule has 0 saturated heterocycles. The van der Waals surface area contributed by atoms with Gasteiger partial charge in [0.15, 0.2) is 0 Å². The van der Waals surface area contributed by atoms with Crippen molar-refractivity contribution < 1.29 is 0 Å². The van der Waals surface area contributed by atoms with Crippen molar-refractivity contribution in [2.24, 2.45) is 0 Å². The van der Waals surface area contributed by atoms with Crippen LogP contribution in [0.3, 0.4) is 0 Å². The molecule has 1 aliphatic rings. The summed E-state index contributed by atoms with van der Waals surface area (Å²) in [6.45, 7) is 4.25. The van der Waals surface area contributed by atoms with Crippen molar-refractivity contribution in [1.82, 2.24) is 9.55 Å². The SMILES string of the molecule is Cc1ccc(SC2(C)c3ccccc3-n3c2nc2ccccc2c3=O)cc1. The Morgan fingerprint density at radius 1 is 0.926 bits per heavy atom. The first-order chi connectivity index (χ1) is 13.1. The minimum atomic E-state index is -0.435. The Bertz CT molecular complexity index is 1240. The first-order valence-electron chi connectivity index (χ1n) is 8.96. The maximum Gasteiger partial charge on any atom is 0.266 e. The Labute approximate surface area is 161 Å². The van der Waals surface area contributed by atoms with Crippen LogP contribution >= 0.6 is 11.8 Å². The molecule has 1 unspecified atom stereocenters. The maximum absolute atomic E-state index is 13.3. The third-order valence-corrected chi connectivity index (χ3v) is 6.52. The van der Waals surface area contributed by atoms with Gasteiger partial charge in [0.25, 0.3) is 5.56 Å². The van der Waals surface area contributed by atoms with E-state index in [4.69, 9.17) is 4.98 Å². The summed E-state index contributed by atoms with van der Waals surface area (Å²) < 4.78 is 1.36. The van der Waals surface area contributed by atoms with E-state index in [-0.39, 0.29) is 5.56 Å². The van der Waals surface area contributed by atoms with E-state index >= 15 is 0 Å². The van der Waals surface area contributed by atoms with Crippen LogP contribution in [0.1, 0.15) is 23.9 Å². The van der Waals surface area contributed by atoms with Crippen LogP contribution in [-0.4, -0.2) is 9.55 Å². The van der Waals surface area contributed by atoms with Gasteiger partial charge in [-0.3, -0.25) is 9.36 Å². The lowest BCUT2D eigenvalue weighted by Crippen LogP contribution is -2.25. The van der Waals surface area contributed by atoms with Crippen molar-refractivity contribution in [3.05, 3.63) is 100 Å². The molecule has 5 rings (SSSR count). The third-order valence-electron chi connectivity index (χ3n) is 5.20.